The van der Waals surface area contributed by atoms with Gasteiger partial charge in [0, 0.05) is 10.7 Å². The molecule has 5 nitrogen and oxygen atoms in total. The molecule has 0 bridgehead atoms. The molecule has 0 aliphatic carbocycles. The van der Waals surface area contributed by atoms with Crippen molar-refractivity contribution in [3.63, 3.8) is 0 Å². The summed E-state index contributed by atoms with van der Waals surface area (Å²) in [5, 5.41) is 0.547. The van der Waals surface area contributed by atoms with Gasteiger partial charge in [0.2, 0.25) is 10.0 Å². The molecule has 0 saturated heterocycles. The van der Waals surface area contributed by atoms with E-state index in [2.05, 4.69) is 4.72 Å². The first-order valence-corrected chi connectivity index (χ1v) is 8.54. The topological polar surface area (TPSA) is 64.6 Å². The van der Waals surface area contributed by atoms with Crippen LogP contribution in [-0.2, 0) is 10.0 Å². The molecule has 0 atom stereocenters. The average Bonchev–Trinajstić information content (AvgIpc) is 2.50. The van der Waals surface area contributed by atoms with Crippen molar-refractivity contribution >= 4 is 27.3 Å². The number of hydrogen-bond donors (Lipinski definition) is 1. The molecule has 2 aromatic rings. The summed E-state index contributed by atoms with van der Waals surface area (Å²) in [5.41, 5.74) is 0.467. The molecule has 0 heterocycles. The van der Waals surface area contributed by atoms with Crippen LogP contribution in [0.3, 0.4) is 0 Å². The Morgan fingerprint density at radius 2 is 1.59 bits per heavy atom. The fraction of sp³-hybridized carbons (Fsp3) is 0.200. The molecular weight excluding hydrogens is 326 g/mol. The molecule has 1 N–H and O–H groups in total. The van der Waals surface area contributed by atoms with Gasteiger partial charge in [0.15, 0.2) is 0 Å². The summed E-state index contributed by atoms with van der Waals surface area (Å²) in [6.45, 7) is 0.0508. The highest BCUT2D eigenvalue weighted by atomic mass is 35.5. The molecule has 0 aliphatic heterocycles. The molecule has 0 amide bonds. The van der Waals surface area contributed by atoms with Gasteiger partial charge in [0.25, 0.3) is 0 Å². The Kier molecular flexibility index (Phi) is 5.51. The van der Waals surface area contributed by atoms with Gasteiger partial charge in [-0.25, -0.2) is 8.42 Å². The fourth-order valence-corrected chi connectivity index (χ4v) is 2.72. The molecule has 0 aliphatic rings. The highest BCUT2D eigenvalue weighted by Crippen LogP contribution is 2.17. The summed E-state index contributed by atoms with van der Waals surface area (Å²) in [6.07, 6.45) is 0. The summed E-state index contributed by atoms with van der Waals surface area (Å²) < 4.78 is 36.8. The fourth-order valence-electron chi connectivity index (χ4n) is 1.69. The predicted octanol–water partition coefficient (Wildman–Crippen LogP) is 3.17. The number of benzene rings is 2. The zero-order chi connectivity index (χ0) is 16.0. The minimum absolute atomic E-state index is 0.0508. The molecule has 22 heavy (non-hydrogen) atoms. The van der Waals surface area contributed by atoms with Gasteiger partial charge in [-0.05, 0) is 48.5 Å². The first-order chi connectivity index (χ1) is 10.5. The summed E-state index contributed by atoms with van der Waals surface area (Å²) in [6, 6.07) is 13.4. The number of hydrogen-bond acceptors (Lipinski definition) is 4. The maximum Gasteiger partial charge on any atom is 0.236 e. The molecule has 0 saturated carbocycles. The minimum Gasteiger partial charge on any atom is -0.497 e. The Bertz CT molecular complexity index is 699. The molecule has 7 heteroatoms. The molecular formula is C15H16ClNO4S. The number of methoxy groups -OCH3 is 1. The van der Waals surface area contributed by atoms with E-state index in [4.69, 9.17) is 21.1 Å². The quantitative estimate of drug-likeness (QED) is 0.840. The van der Waals surface area contributed by atoms with Gasteiger partial charge in [-0.1, -0.05) is 11.6 Å². The highest BCUT2D eigenvalue weighted by Gasteiger charge is 2.10. The number of ether oxygens (including phenoxy) is 2. The van der Waals surface area contributed by atoms with Crippen LogP contribution in [-0.4, -0.2) is 27.9 Å². The lowest BCUT2D eigenvalue weighted by Gasteiger charge is -2.10. The number of nitrogens with one attached hydrogen (secondary N) is 1. The van der Waals surface area contributed by atoms with Crippen molar-refractivity contribution in [2.75, 3.05) is 24.2 Å². The van der Waals surface area contributed by atoms with Gasteiger partial charge in [0.05, 0.1) is 7.11 Å². The van der Waals surface area contributed by atoms with Crippen LogP contribution in [0.1, 0.15) is 0 Å². The highest BCUT2D eigenvalue weighted by molar-refractivity contribution is 7.92. The first kappa shape index (κ1) is 16.5. The average molecular weight is 342 g/mol. The molecule has 0 unspecified atom stereocenters. The normalized spacial score (nSPS) is 11.0. The van der Waals surface area contributed by atoms with E-state index < -0.39 is 10.0 Å². The van der Waals surface area contributed by atoms with E-state index >= 15 is 0 Å². The third-order valence-corrected chi connectivity index (χ3v) is 4.30. The van der Waals surface area contributed by atoms with Crippen LogP contribution in [0, 0.1) is 0 Å². The lowest BCUT2D eigenvalue weighted by atomic mass is 10.3. The zero-order valence-electron chi connectivity index (χ0n) is 12.0. The molecule has 2 rings (SSSR count). The van der Waals surface area contributed by atoms with Gasteiger partial charge in [-0.3, -0.25) is 4.72 Å². The van der Waals surface area contributed by atoms with E-state index in [9.17, 15) is 8.42 Å². The number of sulfonamides is 1. The van der Waals surface area contributed by atoms with E-state index in [-0.39, 0.29) is 12.4 Å². The molecule has 0 aromatic heterocycles. The van der Waals surface area contributed by atoms with Crippen molar-refractivity contribution in [2.45, 2.75) is 0 Å². The second kappa shape index (κ2) is 7.38. The lowest BCUT2D eigenvalue weighted by molar-refractivity contribution is 0.340. The van der Waals surface area contributed by atoms with Gasteiger partial charge < -0.3 is 9.47 Å². The van der Waals surface area contributed by atoms with Crippen molar-refractivity contribution in [2.24, 2.45) is 0 Å². The van der Waals surface area contributed by atoms with Crippen molar-refractivity contribution < 1.29 is 17.9 Å². The molecule has 118 valence electrons. The van der Waals surface area contributed by atoms with Crippen LogP contribution in [0.15, 0.2) is 48.5 Å². The standard InChI is InChI=1S/C15H16ClNO4S/c1-20-14-6-8-15(9-7-14)21-10-11-22(18,19)17-13-4-2-12(16)3-5-13/h2-9,17H,10-11H2,1H3. The van der Waals surface area contributed by atoms with Crippen LogP contribution in [0.5, 0.6) is 11.5 Å². The van der Waals surface area contributed by atoms with E-state index in [0.717, 1.165) is 0 Å². The summed E-state index contributed by atoms with van der Waals surface area (Å²) >= 11 is 5.75. The van der Waals surface area contributed by atoms with E-state index in [1.54, 1.807) is 55.6 Å². The smallest absolute Gasteiger partial charge is 0.236 e. The second-order valence-corrected chi connectivity index (χ2v) is 6.73. The monoisotopic (exact) mass is 341 g/mol. The Morgan fingerprint density at radius 3 is 2.18 bits per heavy atom. The van der Waals surface area contributed by atoms with Gasteiger partial charge in [-0.15, -0.1) is 0 Å². The summed E-state index contributed by atoms with van der Waals surface area (Å²) in [5.74, 6) is 1.15. The Hall–Kier alpha value is -1.92. The van der Waals surface area contributed by atoms with E-state index in [1.807, 2.05) is 0 Å². The maximum atomic E-state index is 11.9. The largest absolute Gasteiger partial charge is 0.497 e. The van der Waals surface area contributed by atoms with Crippen LogP contribution in [0.2, 0.25) is 5.02 Å². The number of halogens is 1. The van der Waals surface area contributed by atoms with E-state index in [0.29, 0.717) is 22.2 Å². The molecule has 0 radical (unpaired) electrons. The maximum absolute atomic E-state index is 11.9. The van der Waals surface area contributed by atoms with Crippen LogP contribution in [0.25, 0.3) is 0 Å². The van der Waals surface area contributed by atoms with Crippen LogP contribution >= 0.6 is 11.6 Å². The van der Waals surface area contributed by atoms with Crippen molar-refractivity contribution in [3.8, 4) is 11.5 Å². The number of anilines is 1. The Labute approximate surface area is 134 Å². The third kappa shape index (κ3) is 5.13. The molecule has 2 aromatic carbocycles. The van der Waals surface area contributed by atoms with Crippen LogP contribution < -0.4 is 14.2 Å². The van der Waals surface area contributed by atoms with Gasteiger partial charge in [-0.2, -0.15) is 0 Å². The number of rotatable bonds is 7. The second-order valence-electron chi connectivity index (χ2n) is 4.45. The predicted molar refractivity (Wildman–Crippen MR) is 87.4 cm³/mol. The van der Waals surface area contributed by atoms with Crippen molar-refractivity contribution in [3.05, 3.63) is 53.6 Å². The first-order valence-electron chi connectivity index (χ1n) is 6.51. The minimum atomic E-state index is -3.47. The summed E-state index contributed by atoms with van der Waals surface area (Å²) in [4.78, 5) is 0. The SMILES string of the molecule is COc1ccc(OCCS(=O)(=O)Nc2ccc(Cl)cc2)cc1. The zero-order valence-corrected chi connectivity index (χ0v) is 13.5. The summed E-state index contributed by atoms with van der Waals surface area (Å²) in [7, 11) is -1.90. The van der Waals surface area contributed by atoms with Crippen molar-refractivity contribution in [1.29, 1.82) is 0 Å². The van der Waals surface area contributed by atoms with Gasteiger partial charge >= 0.3 is 0 Å². The van der Waals surface area contributed by atoms with E-state index in [1.165, 1.54) is 0 Å². The third-order valence-electron chi connectivity index (χ3n) is 2.80. The molecule has 0 spiro atoms. The Morgan fingerprint density at radius 1 is 1.00 bits per heavy atom. The van der Waals surface area contributed by atoms with Crippen molar-refractivity contribution in [1.82, 2.24) is 0 Å². The van der Waals surface area contributed by atoms with Gasteiger partial charge in [0.1, 0.15) is 23.9 Å². The Balaban J connectivity index is 1.85. The lowest BCUT2D eigenvalue weighted by Crippen LogP contribution is -2.21. The van der Waals surface area contributed by atoms with Crippen LogP contribution in [0.4, 0.5) is 5.69 Å². The molecule has 0 fully saturated rings.